The van der Waals surface area contributed by atoms with Gasteiger partial charge in [-0.25, -0.2) is 8.78 Å². The summed E-state index contributed by atoms with van der Waals surface area (Å²) in [5.41, 5.74) is 6.35. The smallest absolute Gasteiger partial charge is 0.126 e. The predicted octanol–water partition coefficient (Wildman–Crippen LogP) is -0.653. The Hall–Kier alpha value is -1.12. The lowest BCUT2D eigenvalue weighted by Crippen LogP contribution is -2.54. The van der Waals surface area contributed by atoms with Gasteiger partial charge in [0.2, 0.25) is 0 Å². The number of aliphatic hydroxyl groups excluding tert-OH is 1. The van der Waals surface area contributed by atoms with Crippen molar-refractivity contribution in [3.63, 3.8) is 0 Å². The molecule has 0 bridgehead atoms. The molecule has 1 fully saturated rings. The molecule has 22 heavy (non-hydrogen) atoms. The van der Waals surface area contributed by atoms with Gasteiger partial charge in [-0.05, 0) is 24.1 Å². The van der Waals surface area contributed by atoms with E-state index in [1.165, 1.54) is 12.1 Å². The predicted molar refractivity (Wildman–Crippen MR) is 81.6 cm³/mol. The summed E-state index contributed by atoms with van der Waals surface area (Å²) in [6.45, 7) is 3.86. The molecule has 2 rings (SSSR count). The first-order chi connectivity index (χ1) is 10.5. The number of hydrogen-bond donors (Lipinski definition) is 5. The standard InChI is InChI=1S/C15H24F2N4O/c16-11-3-10(4-12(17)6-11)5-14(18)15(22)9-20-8-13-7-19-1-2-21-13/h3-4,6,13-15,19-22H,1-2,5,7-9,18H2/t13?,14-,15+/m0/s1. The molecule has 124 valence electrons. The van der Waals surface area contributed by atoms with Gasteiger partial charge in [-0.15, -0.1) is 0 Å². The first kappa shape index (κ1) is 17.2. The van der Waals surface area contributed by atoms with Crippen LogP contribution in [0.2, 0.25) is 0 Å². The molecule has 1 aromatic carbocycles. The van der Waals surface area contributed by atoms with Crippen LogP contribution in [0.1, 0.15) is 5.56 Å². The summed E-state index contributed by atoms with van der Waals surface area (Å²) < 4.78 is 26.2. The minimum Gasteiger partial charge on any atom is -0.390 e. The van der Waals surface area contributed by atoms with Crippen LogP contribution in [0.25, 0.3) is 0 Å². The number of hydrogen-bond acceptors (Lipinski definition) is 5. The van der Waals surface area contributed by atoms with E-state index in [4.69, 9.17) is 5.73 Å². The molecule has 1 heterocycles. The van der Waals surface area contributed by atoms with Crippen molar-refractivity contribution in [3.8, 4) is 0 Å². The molecule has 0 radical (unpaired) electrons. The van der Waals surface area contributed by atoms with Gasteiger partial charge in [0.05, 0.1) is 6.10 Å². The highest BCUT2D eigenvalue weighted by Gasteiger charge is 2.17. The third-order valence-electron chi connectivity index (χ3n) is 3.76. The Morgan fingerprint density at radius 2 is 2.00 bits per heavy atom. The summed E-state index contributed by atoms with van der Waals surface area (Å²) >= 11 is 0. The normalized spacial score (nSPS) is 21.5. The van der Waals surface area contributed by atoms with Gasteiger partial charge in [-0.2, -0.15) is 0 Å². The van der Waals surface area contributed by atoms with Crippen molar-refractivity contribution in [3.05, 3.63) is 35.4 Å². The van der Waals surface area contributed by atoms with Crippen molar-refractivity contribution in [2.24, 2.45) is 5.73 Å². The summed E-state index contributed by atoms with van der Waals surface area (Å²) in [5, 5.41) is 19.8. The molecular formula is C15H24F2N4O. The molecule has 3 atom stereocenters. The Bertz CT molecular complexity index is 449. The molecule has 6 N–H and O–H groups in total. The minimum atomic E-state index is -0.775. The summed E-state index contributed by atoms with van der Waals surface area (Å²) in [6, 6.07) is 3.04. The van der Waals surface area contributed by atoms with Crippen LogP contribution < -0.4 is 21.7 Å². The van der Waals surface area contributed by atoms with E-state index in [-0.39, 0.29) is 6.42 Å². The van der Waals surface area contributed by atoms with Gasteiger partial charge in [0, 0.05) is 50.9 Å². The van der Waals surface area contributed by atoms with Crippen molar-refractivity contribution < 1.29 is 13.9 Å². The molecule has 0 amide bonds. The molecule has 1 aliphatic heterocycles. The number of rotatable bonds is 7. The number of halogens is 2. The zero-order valence-corrected chi connectivity index (χ0v) is 12.5. The van der Waals surface area contributed by atoms with Crippen LogP contribution in [0, 0.1) is 11.6 Å². The average Bonchev–Trinajstić information content (AvgIpc) is 2.47. The van der Waals surface area contributed by atoms with Gasteiger partial charge >= 0.3 is 0 Å². The summed E-state index contributed by atoms with van der Waals surface area (Å²) in [6.07, 6.45) is -0.552. The van der Waals surface area contributed by atoms with E-state index in [0.717, 1.165) is 32.2 Å². The molecule has 0 aliphatic carbocycles. The molecule has 7 heteroatoms. The van der Waals surface area contributed by atoms with Crippen molar-refractivity contribution in [2.45, 2.75) is 24.6 Å². The molecular weight excluding hydrogens is 290 g/mol. The molecule has 0 aromatic heterocycles. The minimum absolute atomic E-state index is 0.223. The van der Waals surface area contributed by atoms with E-state index in [9.17, 15) is 13.9 Å². The van der Waals surface area contributed by atoms with Crippen molar-refractivity contribution in [1.82, 2.24) is 16.0 Å². The maximum absolute atomic E-state index is 13.1. The zero-order valence-electron chi connectivity index (χ0n) is 12.5. The fourth-order valence-corrected chi connectivity index (χ4v) is 2.55. The lowest BCUT2D eigenvalue weighted by Gasteiger charge is -2.26. The van der Waals surface area contributed by atoms with Crippen LogP contribution >= 0.6 is 0 Å². The second-order valence-corrected chi connectivity index (χ2v) is 5.73. The quantitative estimate of drug-likeness (QED) is 0.462. The van der Waals surface area contributed by atoms with Gasteiger partial charge < -0.3 is 26.8 Å². The fourth-order valence-electron chi connectivity index (χ4n) is 2.55. The Morgan fingerprint density at radius 3 is 2.64 bits per heavy atom. The Balaban J connectivity index is 1.72. The summed E-state index contributed by atoms with van der Waals surface area (Å²) in [7, 11) is 0. The molecule has 0 saturated carbocycles. The van der Waals surface area contributed by atoms with Crippen LogP contribution in [0.5, 0.6) is 0 Å². The van der Waals surface area contributed by atoms with Crippen molar-refractivity contribution in [1.29, 1.82) is 0 Å². The lowest BCUT2D eigenvalue weighted by molar-refractivity contribution is 0.140. The number of nitrogens with one attached hydrogen (secondary N) is 3. The molecule has 1 aliphatic rings. The van der Waals surface area contributed by atoms with Crippen molar-refractivity contribution in [2.75, 3.05) is 32.7 Å². The van der Waals surface area contributed by atoms with E-state index in [2.05, 4.69) is 16.0 Å². The molecule has 5 nitrogen and oxygen atoms in total. The number of piperazine rings is 1. The molecule has 1 aromatic rings. The SMILES string of the molecule is N[C@@H](Cc1cc(F)cc(F)c1)[C@H](O)CNCC1CNCCN1. The van der Waals surface area contributed by atoms with E-state index in [1.807, 2.05) is 0 Å². The van der Waals surface area contributed by atoms with E-state index in [0.29, 0.717) is 18.2 Å². The van der Waals surface area contributed by atoms with Gasteiger partial charge in [0.25, 0.3) is 0 Å². The van der Waals surface area contributed by atoms with Crippen LogP contribution in [-0.2, 0) is 6.42 Å². The van der Waals surface area contributed by atoms with Gasteiger partial charge in [0.15, 0.2) is 0 Å². The number of benzene rings is 1. The van der Waals surface area contributed by atoms with E-state index in [1.54, 1.807) is 0 Å². The molecule has 1 saturated heterocycles. The van der Waals surface area contributed by atoms with E-state index >= 15 is 0 Å². The highest BCUT2D eigenvalue weighted by atomic mass is 19.1. The number of aliphatic hydroxyl groups is 1. The second-order valence-electron chi connectivity index (χ2n) is 5.73. The van der Waals surface area contributed by atoms with Gasteiger partial charge in [-0.3, -0.25) is 0 Å². The highest BCUT2D eigenvalue weighted by Crippen LogP contribution is 2.10. The fraction of sp³-hybridized carbons (Fsp3) is 0.600. The molecule has 0 spiro atoms. The van der Waals surface area contributed by atoms with Crippen molar-refractivity contribution >= 4 is 0 Å². The second kappa shape index (κ2) is 8.50. The topological polar surface area (TPSA) is 82.3 Å². The number of nitrogens with two attached hydrogens (primary N) is 1. The van der Waals surface area contributed by atoms with Crippen LogP contribution in [0.4, 0.5) is 8.78 Å². The lowest BCUT2D eigenvalue weighted by atomic mass is 10.0. The monoisotopic (exact) mass is 314 g/mol. The molecule has 1 unspecified atom stereocenters. The first-order valence-electron chi connectivity index (χ1n) is 7.58. The van der Waals surface area contributed by atoms with E-state index < -0.39 is 23.8 Å². The summed E-state index contributed by atoms with van der Waals surface area (Å²) in [4.78, 5) is 0. The Morgan fingerprint density at radius 1 is 1.27 bits per heavy atom. The largest absolute Gasteiger partial charge is 0.390 e. The maximum Gasteiger partial charge on any atom is 0.126 e. The van der Waals surface area contributed by atoms with Crippen LogP contribution in [0.15, 0.2) is 18.2 Å². The summed E-state index contributed by atoms with van der Waals surface area (Å²) in [5.74, 6) is -1.27. The Labute approximate surface area is 129 Å². The van der Waals surface area contributed by atoms with Crippen LogP contribution in [-0.4, -0.2) is 56.0 Å². The van der Waals surface area contributed by atoms with Gasteiger partial charge in [-0.1, -0.05) is 0 Å². The highest BCUT2D eigenvalue weighted by molar-refractivity contribution is 5.19. The maximum atomic E-state index is 13.1. The first-order valence-corrected chi connectivity index (χ1v) is 7.58. The average molecular weight is 314 g/mol. The third kappa shape index (κ3) is 5.58. The van der Waals surface area contributed by atoms with Gasteiger partial charge in [0.1, 0.15) is 11.6 Å². The zero-order chi connectivity index (χ0) is 15.9. The third-order valence-corrected chi connectivity index (χ3v) is 3.76. The van der Waals surface area contributed by atoms with Crippen LogP contribution in [0.3, 0.4) is 0 Å². The Kier molecular flexibility index (Phi) is 6.66.